The summed E-state index contributed by atoms with van der Waals surface area (Å²) in [7, 11) is 0. The van der Waals surface area contributed by atoms with Crippen molar-refractivity contribution < 1.29 is 19.1 Å². The molecule has 1 fully saturated rings. The molecular formula is C19H27ClN2O4. The number of carbonyl (C=O) groups is 2. The molecule has 7 heteroatoms. The average Bonchev–Trinajstić information content (AvgIpc) is 2.38. The van der Waals surface area contributed by atoms with E-state index in [-0.39, 0.29) is 13.1 Å². The molecular weight excluding hydrogens is 356 g/mol. The van der Waals surface area contributed by atoms with Crippen molar-refractivity contribution in [3.8, 4) is 0 Å². The minimum Gasteiger partial charge on any atom is -0.444 e. The first-order valence-corrected chi connectivity index (χ1v) is 8.93. The molecule has 1 aromatic rings. The predicted octanol–water partition coefficient (Wildman–Crippen LogP) is 4.31. The average molecular weight is 383 g/mol. The third-order valence-corrected chi connectivity index (χ3v) is 3.93. The van der Waals surface area contributed by atoms with Gasteiger partial charge in [-0.2, -0.15) is 0 Å². The number of nitrogens with zero attached hydrogens (tertiary/aromatic N) is 1. The van der Waals surface area contributed by atoms with Crippen LogP contribution >= 0.6 is 11.6 Å². The van der Waals surface area contributed by atoms with Crippen LogP contribution in [0.4, 0.5) is 9.59 Å². The van der Waals surface area contributed by atoms with Gasteiger partial charge in [0.05, 0.1) is 13.1 Å². The van der Waals surface area contributed by atoms with Crippen molar-refractivity contribution in [2.24, 2.45) is 0 Å². The molecule has 144 valence electrons. The first kappa shape index (κ1) is 20.4. The van der Waals surface area contributed by atoms with Crippen LogP contribution < -0.4 is 5.32 Å². The number of likely N-dealkylation sites (tertiary alicyclic amines) is 1. The lowest BCUT2D eigenvalue weighted by Gasteiger charge is -2.50. The van der Waals surface area contributed by atoms with Crippen LogP contribution in [0.25, 0.3) is 0 Å². The Balaban J connectivity index is 2.18. The first-order valence-electron chi connectivity index (χ1n) is 8.55. The fourth-order valence-corrected chi connectivity index (χ4v) is 2.87. The van der Waals surface area contributed by atoms with Gasteiger partial charge < -0.3 is 19.7 Å². The zero-order valence-electron chi connectivity index (χ0n) is 16.2. The van der Waals surface area contributed by atoms with Crippen molar-refractivity contribution in [2.45, 2.75) is 58.3 Å². The molecule has 0 aliphatic carbocycles. The topological polar surface area (TPSA) is 67.9 Å². The van der Waals surface area contributed by atoms with Crippen LogP contribution in [-0.2, 0) is 15.0 Å². The van der Waals surface area contributed by atoms with E-state index in [2.05, 4.69) is 5.32 Å². The molecule has 2 amide bonds. The van der Waals surface area contributed by atoms with Crippen molar-refractivity contribution in [3.05, 3.63) is 34.9 Å². The smallest absolute Gasteiger partial charge is 0.410 e. The van der Waals surface area contributed by atoms with E-state index >= 15 is 0 Å². The molecule has 2 rings (SSSR count). The quantitative estimate of drug-likeness (QED) is 0.827. The monoisotopic (exact) mass is 382 g/mol. The summed E-state index contributed by atoms with van der Waals surface area (Å²) < 4.78 is 10.8. The van der Waals surface area contributed by atoms with Crippen molar-refractivity contribution in [3.63, 3.8) is 0 Å². The van der Waals surface area contributed by atoms with Gasteiger partial charge in [0.1, 0.15) is 16.7 Å². The highest BCUT2D eigenvalue weighted by molar-refractivity contribution is 6.30. The normalized spacial score (nSPS) is 16.5. The summed E-state index contributed by atoms with van der Waals surface area (Å²) in [6.07, 6.45) is -0.956. The number of halogens is 1. The molecule has 26 heavy (non-hydrogen) atoms. The van der Waals surface area contributed by atoms with Crippen LogP contribution in [0.15, 0.2) is 24.3 Å². The Kier molecular flexibility index (Phi) is 5.47. The van der Waals surface area contributed by atoms with Crippen LogP contribution in [0.3, 0.4) is 0 Å². The summed E-state index contributed by atoms with van der Waals surface area (Å²) in [5, 5.41) is 3.47. The Labute approximate surface area is 159 Å². The number of amides is 2. The Bertz CT molecular complexity index is 686. The van der Waals surface area contributed by atoms with E-state index < -0.39 is 28.9 Å². The van der Waals surface area contributed by atoms with Gasteiger partial charge in [-0.05, 0) is 59.2 Å². The molecule has 0 aromatic heterocycles. The molecule has 0 radical (unpaired) electrons. The maximum absolute atomic E-state index is 12.3. The summed E-state index contributed by atoms with van der Waals surface area (Å²) in [6, 6.07) is 7.23. The highest BCUT2D eigenvalue weighted by atomic mass is 35.5. The molecule has 0 unspecified atom stereocenters. The highest BCUT2D eigenvalue weighted by Crippen LogP contribution is 2.34. The predicted molar refractivity (Wildman–Crippen MR) is 100 cm³/mol. The molecule has 0 atom stereocenters. The number of nitrogens with one attached hydrogen (secondary N) is 1. The number of hydrogen-bond donors (Lipinski definition) is 1. The summed E-state index contributed by atoms with van der Waals surface area (Å²) >= 11 is 6.11. The van der Waals surface area contributed by atoms with Crippen LogP contribution in [0, 0.1) is 0 Å². The van der Waals surface area contributed by atoms with Gasteiger partial charge in [-0.25, -0.2) is 9.59 Å². The van der Waals surface area contributed by atoms with Crippen molar-refractivity contribution in [2.75, 3.05) is 13.1 Å². The molecule has 6 nitrogen and oxygen atoms in total. The van der Waals surface area contributed by atoms with E-state index in [0.717, 1.165) is 5.56 Å². The second-order valence-corrected chi connectivity index (χ2v) is 8.99. The maximum atomic E-state index is 12.3. The zero-order chi connectivity index (χ0) is 19.8. The van der Waals surface area contributed by atoms with Gasteiger partial charge in [0.15, 0.2) is 0 Å². The molecule has 1 aliphatic heterocycles. The van der Waals surface area contributed by atoms with E-state index in [0.29, 0.717) is 5.02 Å². The Hall–Kier alpha value is -1.95. The van der Waals surface area contributed by atoms with Crippen LogP contribution in [0.1, 0.15) is 47.1 Å². The van der Waals surface area contributed by atoms with Crippen LogP contribution in [-0.4, -0.2) is 41.4 Å². The van der Waals surface area contributed by atoms with Crippen molar-refractivity contribution in [1.82, 2.24) is 10.2 Å². The van der Waals surface area contributed by atoms with Gasteiger partial charge in [0, 0.05) is 5.02 Å². The molecule has 0 spiro atoms. The summed E-state index contributed by atoms with van der Waals surface area (Å²) in [6.45, 7) is 11.4. The minimum absolute atomic E-state index is 0.279. The fourth-order valence-electron chi connectivity index (χ4n) is 2.68. The number of alkyl carbamates (subject to hydrolysis) is 1. The summed E-state index contributed by atoms with van der Waals surface area (Å²) in [4.78, 5) is 26.2. The van der Waals surface area contributed by atoms with Gasteiger partial charge >= 0.3 is 12.2 Å². The SMILES string of the molecule is CC(C)(C)OC(=O)NC1(c2cccc(Cl)c2)CN(C(=O)OC(C)(C)C)C1. The van der Waals surface area contributed by atoms with E-state index in [4.69, 9.17) is 21.1 Å². The third-order valence-electron chi connectivity index (χ3n) is 3.69. The highest BCUT2D eigenvalue weighted by Gasteiger charge is 2.49. The van der Waals surface area contributed by atoms with Gasteiger partial charge in [0.25, 0.3) is 0 Å². The Morgan fingerprint density at radius 3 is 2.15 bits per heavy atom. The maximum Gasteiger partial charge on any atom is 0.410 e. The zero-order valence-corrected chi connectivity index (χ0v) is 16.9. The number of carbonyl (C=O) groups excluding carboxylic acids is 2. The minimum atomic E-state index is -0.760. The van der Waals surface area contributed by atoms with Gasteiger partial charge in [0.2, 0.25) is 0 Å². The summed E-state index contributed by atoms with van der Waals surface area (Å²) in [5.74, 6) is 0. The molecule has 1 aromatic carbocycles. The molecule has 0 bridgehead atoms. The Morgan fingerprint density at radius 2 is 1.65 bits per heavy atom. The van der Waals surface area contributed by atoms with Gasteiger partial charge in [-0.15, -0.1) is 0 Å². The third kappa shape index (κ3) is 5.27. The lowest BCUT2D eigenvalue weighted by atomic mass is 9.82. The lowest BCUT2D eigenvalue weighted by Crippen LogP contribution is -2.69. The second-order valence-electron chi connectivity index (χ2n) is 8.56. The number of rotatable bonds is 2. The van der Waals surface area contributed by atoms with Crippen molar-refractivity contribution >= 4 is 23.8 Å². The largest absolute Gasteiger partial charge is 0.444 e. The van der Waals surface area contributed by atoms with Crippen molar-refractivity contribution in [1.29, 1.82) is 0 Å². The second kappa shape index (κ2) is 6.99. The van der Waals surface area contributed by atoms with E-state index in [1.54, 1.807) is 37.8 Å². The first-order chi connectivity index (χ1) is 11.8. The lowest BCUT2D eigenvalue weighted by molar-refractivity contribution is -0.0229. The number of ether oxygens (including phenoxy) is 2. The summed E-state index contributed by atoms with van der Waals surface area (Å²) in [5.41, 5.74) is -1.14. The van der Waals surface area contributed by atoms with Crippen LogP contribution in [0.5, 0.6) is 0 Å². The molecule has 1 N–H and O–H groups in total. The van der Waals surface area contributed by atoms with Gasteiger partial charge in [-0.1, -0.05) is 23.7 Å². The van der Waals surface area contributed by atoms with Crippen LogP contribution in [0.2, 0.25) is 5.02 Å². The molecule has 1 heterocycles. The number of hydrogen-bond acceptors (Lipinski definition) is 4. The standard InChI is InChI=1S/C19H27ClN2O4/c1-17(2,3)25-15(23)21-19(13-8-7-9-14(20)10-13)11-22(12-19)16(24)26-18(4,5)6/h7-10H,11-12H2,1-6H3,(H,21,23). The molecule has 1 aliphatic rings. The van der Waals surface area contributed by atoms with E-state index in [1.807, 2.05) is 32.9 Å². The fraction of sp³-hybridized carbons (Fsp3) is 0.579. The van der Waals surface area contributed by atoms with E-state index in [1.165, 1.54) is 0 Å². The Morgan fingerprint density at radius 1 is 1.08 bits per heavy atom. The van der Waals surface area contributed by atoms with Gasteiger partial charge in [-0.3, -0.25) is 0 Å². The molecule has 1 saturated heterocycles. The number of benzene rings is 1. The van der Waals surface area contributed by atoms with E-state index in [9.17, 15) is 9.59 Å². The molecule has 0 saturated carbocycles.